The van der Waals surface area contributed by atoms with Crippen LogP contribution in [0, 0.1) is 0 Å². The van der Waals surface area contributed by atoms with E-state index in [1.807, 2.05) is 35.2 Å². The third-order valence-corrected chi connectivity index (χ3v) is 4.15. The van der Waals surface area contributed by atoms with Crippen molar-refractivity contribution in [2.24, 2.45) is 0 Å². The highest BCUT2D eigenvalue weighted by Gasteiger charge is 2.33. The monoisotopic (exact) mass is 323 g/mol. The molecule has 124 valence electrons. The van der Waals surface area contributed by atoms with Crippen molar-refractivity contribution >= 4 is 11.8 Å². The van der Waals surface area contributed by atoms with E-state index in [9.17, 15) is 9.59 Å². The van der Waals surface area contributed by atoms with Crippen LogP contribution in [0.1, 0.15) is 28.8 Å². The summed E-state index contributed by atoms with van der Waals surface area (Å²) in [5.74, 6) is -0.148. The first kappa shape index (κ1) is 16.2. The number of pyridine rings is 1. The second kappa shape index (κ2) is 7.25. The molecule has 1 aromatic heterocycles. The van der Waals surface area contributed by atoms with E-state index in [4.69, 9.17) is 0 Å². The molecule has 0 radical (unpaired) electrons. The topological polar surface area (TPSA) is 53.5 Å². The van der Waals surface area contributed by atoms with Crippen molar-refractivity contribution in [1.29, 1.82) is 0 Å². The van der Waals surface area contributed by atoms with Gasteiger partial charge in [0, 0.05) is 37.6 Å². The highest BCUT2D eigenvalue weighted by Crippen LogP contribution is 2.28. The van der Waals surface area contributed by atoms with Crippen LogP contribution in [0.2, 0.25) is 0 Å². The summed E-state index contributed by atoms with van der Waals surface area (Å²) >= 11 is 0. The SMILES string of the molecule is CN(CC(=O)N(Cc1ccncc1)C1CC1)C(=O)c1ccccc1. The molecule has 2 aromatic rings. The number of carbonyl (C=O) groups excluding carboxylic acids is 2. The molecular weight excluding hydrogens is 302 g/mol. The minimum absolute atomic E-state index is 0.0129. The van der Waals surface area contributed by atoms with Gasteiger partial charge in [-0.25, -0.2) is 0 Å². The van der Waals surface area contributed by atoms with Gasteiger partial charge in [-0.1, -0.05) is 18.2 Å². The van der Waals surface area contributed by atoms with Crippen molar-refractivity contribution in [2.75, 3.05) is 13.6 Å². The molecule has 24 heavy (non-hydrogen) atoms. The lowest BCUT2D eigenvalue weighted by molar-refractivity contribution is -0.132. The Morgan fingerprint density at radius 1 is 1.08 bits per heavy atom. The van der Waals surface area contributed by atoms with Crippen LogP contribution >= 0.6 is 0 Å². The molecule has 0 bridgehead atoms. The number of benzene rings is 1. The Morgan fingerprint density at radius 2 is 1.75 bits per heavy atom. The smallest absolute Gasteiger partial charge is 0.254 e. The first-order valence-electron chi connectivity index (χ1n) is 8.14. The van der Waals surface area contributed by atoms with Gasteiger partial charge < -0.3 is 9.80 Å². The summed E-state index contributed by atoms with van der Waals surface area (Å²) in [4.78, 5) is 32.5. The molecule has 5 heteroatoms. The summed E-state index contributed by atoms with van der Waals surface area (Å²) in [6.07, 6.45) is 5.53. The summed E-state index contributed by atoms with van der Waals surface area (Å²) in [6.45, 7) is 0.661. The molecule has 1 heterocycles. The fourth-order valence-electron chi connectivity index (χ4n) is 2.66. The maximum atomic E-state index is 12.7. The molecule has 0 aliphatic heterocycles. The molecule has 1 aliphatic carbocycles. The van der Waals surface area contributed by atoms with Crippen molar-refractivity contribution in [3.63, 3.8) is 0 Å². The zero-order valence-electron chi connectivity index (χ0n) is 13.8. The van der Waals surface area contributed by atoms with Gasteiger partial charge in [0.05, 0.1) is 6.54 Å². The van der Waals surface area contributed by atoms with Crippen LogP contribution in [-0.2, 0) is 11.3 Å². The standard InChI is InChI=1S/C19H21N3O2/c1-21(19(24)16-5-3-2-4-6-16)14-18(23)22(17-7-8-17)13-15-9-11-20-12-10-15/h2-6,9-12,17H,7-8,13-14H2,1H3. The quantitative estimate of drug-likeness (QED) is 0.820. The van der Waals surface area contributed by atoms with Crippen molar-refractivity contribution < 1.29 is 9.59 Å². The predicted molar refractivity (Wildman–Crippen MR) is 91.2 cm³/mol. The van der Waals surface area contributed by atoms with Gasteiger partial charge in [0.1, 0.15) is 0 Å². The summed E-state index contributed by atoms with van der Waals surface area (Å²) in [5.41, 5.74) is 1.65. The summed E-state index contributed by atoms with van der Waals surface area (Å²) in [7, 11) is 1.67. The van der Waals surface area contributed by atoms with Crippen molar-refractivity contribution in [2.45, 2.75) is 25.4 Å². The van der Waals surface area contributed by atoms with Gasteiger partial charge in [0.2, 0.25) is 5.91 Å². The number of carbonyl (C=O) groups is 2. The number of nitrogens with zero attached hydrogens (tertiary/aromatic N) is 3. The van der Waals surface area contributed by atoms with Crippen LogP contribution in [-0.4, -0.2) is 46.2 Å². The number of hydrogen-bond donors (Lipinski definition) is 0. The minimum Gasteiger partial charge on any atom is -0.334 e. The van der Waals surface area contributed by atoms with E-state index in [1.165, 1.54) is 4.90 Å². The van der Waals surface area contributed by atoms with E-state index >= 15 is 0 Å². The molecule has 1 fully saturated rings. The Hall–Kier alpha value is -2.69. The molecule has 0 atom stereocenters. The zero-order valence-corrected chi connectivity index (χ0v) is 13.8. The van der Waals surface area contributed by atoms with E-state index in [2.05, 4.69) is 4.98 Å². The summed E-state index contributed by atoms with van der Waals surface area (Å²) in [6, 6.07) is 13.2. The number of likely N-dealkylation sites (N-methyl/N-ethyl adjacent to an activating group) is 1. The number of amides is 2. The number of aromatic nitrogens is 1. The van der Waals surface area contributed by atoms with Gasteiger partial charge >= 0.3 is 0 Å². The van der Waals surface area contributed by atoms with Gasteiger partial charge in [0.15, 0.2) is 0 Å². The van der Waals surface area contributed by atoms with E-state index in [0.717, 1.165) is 18.4 Å². The highest BCUT2D eigenvalue weighted by molar-refractivity contribution is 5.96. The number of rotatable bonds is 6. The molecule has 2 amide bonds. The summed E-state index contributed by atoms with van der Waals surface area (Å²) < 4.78 is 0. The zero-order chi connectivity index (χ0) is 16.9. The van der Waals surface area contributed by atoms with Crippen molar-refractivity contribution in [1.82, 2.24) is 14.8 Å². The Morgan fingerprint density at radius 3 is 2.38 bits per heavy atom. The summed E-state index contributed by atoms with van der Waals surface area (Å²) in [5, 5.41) is 0. The molecule has 1 saturated carbocycles. The molecule has 0 unspecified atom stereocenters. The van der Waals surface area contributed by atoms with E-state index < -0.39 is 0 Å². The fraction of sp³-hybridized carbons (Fsp3) is 0.316. The van der Waals surface area contributed by atoms with E-state index in [0.29, 0.717) is 18.2 Å². The van der Waals surface area contributed by atoms with Crippen LogP contribution < -0.4 is 0 Å². The third-order valence-electron chi connectivity index (χ3n) is 4.15. The minimum atomic E-state index is -0.136. The molecule has 3 rings (SSSR count). The Bertz CT molecular complexity index is 699. The van der Waals surface area contributed by atoms with Crippen molar-refractivity contribution in [3.05, 3.63) is 66.0 Å². The lowest BCUT2D eigenvalue weighted by atomic mass is 10.2. The first-order chi connectivity index (χ1) is 11.6. The molecule has 5 nitrogen and oxygen atoms in total. The predicted octanol–water partition coefficient (Wildman–Crippen LogP) is 2.34. The third kappa shape index (κ3) is 3.98. The second-order valence-electron chi connectivity index (χ2n) is 6.14. The largest absolute Gasteiger partial charge is 0.334 e. The van der Waals surface area contributed by atoms with Gasteiger partial charge in [-0.15, -0.1) is 0 Å². The van der Waals surface area contributed by atoms with Crippen LogP contribution in [0.25, 0.3) is 0 Å². The Kier molecular flexibility index (Phi) is 4.89. The van der Waals surface area contributed by atoms with Gasteiger partial charge in [-0.05, 0) is 42.7 Å². The first-order valence-corrected chi connectivity index (χ1v) is 8.14. The van der Waals surface area contributed by atoms with E-state index in [1.54, 1.807) is 31.6 Å². The Labute approximate surface area is 141 Å². The van der Waals surface area contributed by atoms with Gasteiger partial charge in [-0.3, -0.25) is 14.6 Å². The average Bonchev–Trinajstić information content (AvgIpc) is 3.45. The fourth-order valence-corrected chi connectivity index (χ4v) is 2.66. The lowest BCUT2D eigenvalue weighted by Crippen LogP contribution is -2.41. The number of hydrogen-bond acceptors (Lipinski definition) is 3. The Balaban J connectivity index is 1.64. The average molecular weight is 323 g/mol. The molecular formula is C19H21N3O2. The van der Waals surface area contributed by atoms with Crippen LogP contribution in [0.5, 0.6) is 0 Å². The molecule has 0 N–H and O–H groups in total. The highest BCUT2D eigenvalue weighted by atomic mass is 16.2. The molecule has 0 saturated heterocycles. The van der Waals surface area contributed by atoms with Crippen LogP contribution in [0.15, 0.2) is 54.9 Å². The van der Waals surface area contributed by atoms with E-state index in [-0.39, 0.29) is 18.4 Å². The lowest BCUT2D eigenvalue weighted by Gasteiger charge is -2.25. The second-order valence-corrected chi connectivity index (χ2v) is 6.14. The molecule has 1 aliphatic rings. The van der Waals surface area contributed by atoms with Crippen molar-refractivity contribution in [3.8, 4) is 0 Å². The van der Waals surface area contributed by atoms with Crippen LogP contribution in [0.4, 0.5) is 0 Å². The maximum Gasteiger partial charge on any atom is 0.254 e. The normalized spacial score (nSPS) is 13.4. The maximum absolute atomic E-state index is 12.7. The molecule has 0 spiro atoms. The van der Waals surface area contributed by atoms with Gasteiger partial charge in [-0.2, -0.15) is 0 Å². The van der Waals surface area contributed by atoms with Crippen LogP contribution in [0.3, 0.4) is 0 Å². The molecule has 1 aromatic carbocycles. The van der Waals surface area contributed by atoms with Gasteiger partial charge in [0.25, 0.3) is 5.91 Å².